The van der Waals surface area contributed by atoms with Gasteiger partial charge in [-0.15, -0.1) is 11.3 Å². The zero-order valence-corrected chi connectivity index (χ0v) is 14.2. The highest BCUT2D eigenvalue weighted by Gasteiger charge is 2.05. The van der Waals surface area contributed by atoms with E-state index in [4.69, 9.17) is 0 Å². The molecule has 0 fully saturated rings. The Hall–Kier alpha value is -1.23. The number of aryl methyl sites for hydroxylation is 1. The van der Waals surface area contributed by atoms with Crippen LogP contribution in [0.3, 0.4) is 0 Å². The molecule has 0 radical (unpaired) electrons. The van der Waals surface area contributed by atoms with Crippen LogP contribution in [-0.4, -0.2) is 23.0 Å². The van der Waals surface area contributed by atoms with E-state index in [1.807, 2.05) is 13.1 Å². The molecular formula is C17H25N3S. The minimum absolute atomic E-state index is 0.571. The van der Waals surface area contributed by atoms with Crippen molar-refractivity contribution in [2.24, 2.45) is 0 Å². The summed E-state index contributed by atoms with van der Waals surface area (Å²) in [5, 5.41) is 4.62. The molecule has 0 aliphatic heterocycles. The Kier molecular flexibility index (Phi) is 5.91. The molecule has 0 bridgehead atoms. The van der Waals surface area contributed by atoms with Crippen molar-refractivity contribution in [2.75, 3.05) is 7.05 Å². The highest BCUT2D eigenvalue weighted by Crippen LogP contribution is 2.12. The van der Waals surface area contributed by atoms with Gasteiger partial charge in [0, 0.05) is 36.8 Å². The van der Waals surface area contributed by atoms with E-state index in [0.29, 0.717) is 6.04 Å². The minimum atomic E-state index is 0.571. The Balaban J connectivity index is 1.86. The number of thiazole rings is 1. The van der Waals surface area contributed by atoms with Crippen LogP contribution in [0.15, 0.2) is 30.5 Å². The number of hydrogen-bond donors (Lipinski definition) is 1. The maximum absolute atomic E-state index is 4.28. The Morgan fingerprint density at radius 3 is 2.67 bits per heavy atom. The molecule has 0 saturated carbocycles. The fourth-order valence-corrected chi connectivity index (χ4v) is 2.89. The average molecular weight is 303 g/mol. The van der Waals surface area contributed by atoms with Crippen LogP contribution in [0.2, 0.25) is 0 Å². The molecule has 2 aromatic rings. The smallest absolute Gasteiger partial charge is 0.0897 e. The summed E-state index contributed by atoms with van der Waals surface area (Å²) < 4.78 is 0. The lowest BCUT2D eigenvalue weighted by Gasteiger charge is -2.21. The van der Waals surface area contributed by atoms with Gasteiger partial charge in [0.05, 0.1) is 5.01 Å². The number of nitrogens with one attached hydrogen (secondary N) is 1. The van der Waals surface area contributed by atoms with Crippen molar-refractivity contribution in [1.82, 2.24) is 15.2 Å². The van der Waals surface area contributed by atoms with E-state index in [1.165, 1.54) is 16.0 Å². The molecule has 4 heteroatoms. The monoisotopic (exact) mass is 303 g/mol. The molecule has 1 N–H and O–H groups in total. The van der Waals surface area contributed by atoms with Gasteiger partial charge in [0.2, 0.25) is 0 Å². The molecule has 1 aromatic carbocycles. The highest BCUT2D eigenvalue weighted by atomic mass is 32.1. The zero-order valence-electron chi connectivity index (χ0n) is 13.4. The second-order valence-corrected chi connectivity index (χ2v) is 7.10. The molecule has 0 aliphatic carbocycles. The molecule has 0 amide bonds. The number of aromatic nitrogens is 1. The van der Waals surface area contributed by atoms with E-state index in [0.717, 1.165) is 24.6 Å². The van der Waals surface area contributed by atoms with Crippen LogP contribution in [0.25, 0.3) is 0 Å². The number of rotatable bonds is 7. The molecule has 2 rings (SSSR count). The van der Waals surface area contributed by atoms with Crippen LogP contribution in [-0.2, 0) is 19.6 Å². The first kappa shape index (κ1) is 16.1. The van der Waals surface area contributed by atoms with Crippen LogP contribution < -0.4 is 5.32 Å². The molecule has 21 heavy (non-hydrogen) atoms. The third-order valence-electron chi connectivity index (χ3n) is 3.60. The van der Waals surface area contributed by atoms with Gasteiger partial charge in [-0.3, -0.25) is 4.90 Å². The van der Waals surface area contributed by atoms with Crippen molar-refractivity contribution in [2.45, 2.75) is 46.4 Å². The van der Waals surface area contributed by atoms with Crippen LogP contribution in [0.1, 0.15) is 34.9 Å². The molecule has 0 saturated heterocycles. The summed E-state index contributed by atoms with van der Waals surface area (Å²) in [6.07, 6.45) is 1.96. The largest absolute Gasteiger partial charge is 0.308 e. The van der Waals surface area contributed by atoms with Gasteiger partial charge in [-0.2, -0.15) is 0 Å². The van der Waals surface area contributed by atoms with Crippen LogP contribution in [0.4, 0.5) is 0 Å². The fraction of sp³-hybridized carbons (Fsp3) is 0.471. The van der Waals surface area contributed by atoms with Gasteiger partial charge in [0.25, 0.3) is 0 Å². The first-order valence-electron chi connectivity index (χ1n) is 7.44. The third kappa shape index (κ3) is 5.23. The normalized spacial score (nSPS) is 11.5. The van der Waals surface area contributed by atoms with Gasteiger partial charge in [-0.05, 0) is 38.9 Å². The van der Waals surface area contributed by atoms with Crippen molar-refractivity contribution >= 4 is 11.3 Å². The van der Waals surface area contributed by atoms with Gasteiger partial charge in [-0.25, -0.2) is 4.98 Å². The number of hydrogen-bond acceptors (Lipinski definition) is 4. The summed E-state index contributed by atoms with van der Waals surface area (Å²) in [6, 6.07) is 9.40. The van der Waals surface area contributed by atoms with E-state index < -0.39 is 0 Å². The Bertz CT molecular complexity index is 563. The maximum Gasteiger partial charge on any atom is 0.0897 e. The Labute approximate surface area is 132 Å². The van der Waals surface area contributed by atoms with Gasteiger partial charge in [0.1, 0.15) is 0 Å². The minimum Gasteiger partial charge on any atom is -0.308 e. The van der Waals surface area contributed by atoms with Crippen molar-refractivity contribution in [3.63, 3.8) is 0 Å². The molecule has 3 nitrogen and oxygen atoms in total. The third-order valence-corrected chi connectivity index (χ3v) is 4.52. The van der Waals surface area contributed by atoms with Gasteiger partial charge < -0.3 is 5.32 Å². The zero-order chi connectivity index (χ0) is 15.2. The Morgan fingerprint density at radius 2 is 2.00 bits per heavy atom. The van der Waals surface area contributed by atoms with Crippen molar-refractivity contribution in [3.8, 4) is 0 Å². The van der Waals surface area contributed by atoms with Crippen LogP contribution >= 0.6 is 11.3 Å². The van der Waals surface area contributed by atoms with E-state index in [1.54, 1.807) is 11.3 Å². The van der Waals surface area contributed by atoms with E-state index in [9.17, 15) is 0 Å². The number of nitrogens with zero attached hydrogens (tertiary/aromatic N) is 2. The average Bonchev–Trinajstić information content (AvgIpc) is 2.85. The molecule has 0 spiro atoms. The van der Waals surface area contributed by atoms with Crippen LogP contribution in [0, 0.1) is 6.92 Å². The molecular weight excluding hydrogens is 278 g/mol. The Morgan fingerprint density at radius 1 is 1.24 bits per heavy atom. The predicted molar refractivity (Wildman–Crippen MR) is 90.4 cm³/mol. The number of benzene rings is 1. The topological polar surface area (TPSA) is 28.2 Å². The van der Waals surface area contributed by atoms with E-state index in [2.05, 4.69) is 60.4 Å². The molecule has 0 atom stereocenters. The summed E-state index contributed by atoms with van der Waals surface area (Å²) in [5.74, 6) is 0. The van der Waals surface area contributed by atoms with Crippen LogP contribution in [0.5, 0.6) is 0 Å². The van der Waals surface area contributed by atoms with Gasteiger partial charge in [0.15, 0.2) is 0 Å². The molecule has 0 aliphatic rings. The van der Waals surface area contributed by atoms with Crippen molar-refractivity contribution in [3.05, 3.63) is 51.5 Å². The molecule has 0 unspecified atom stereocenters. The second kappa shape index (κ2) is 7.69. The predicted octanol–water partition coefficient (Wildman–Crippen LogP) is 3.58. The first-order valence-corrected chi connectivity index (χ1v) is 8.26. The molecule has 114 valence electrons. The molecule has 1 heterocycles. The fourth-order valence-electron chi connectivity index (χ4n) is 2.13. The second-order valence-electron chi connectivity index (χ2n) is 5.78. The van der Waals surface area contributed by atoms with Crippen molar-refractivity contribution < 1.29 is 0 Å². The summed E-state index contributed by atoms with van der Waals surface area (Å²) in [7, 11) is 2.17. The maximum atomic E-state index is 4.28. The lowest BCUT2D eigenvalue weighted by Crippen LogP contribution is -2.25. The van der Waals surface area contributed by atoms with Crippen molar-refractivity contribution in [1.29, 1.82) is 0 Å². The van der Waals surface area contributed by atoms with E-state index >= 15 is 0 Å². The van der Waals surface area contributed by atoms with E-state index in [-0.39, 0.29) is 0 Å². The highest BCUT2D eigenvalue weighted by molar-refractivity contribution is 7.11. The summed E-state index contributed by atoms with van der Waals surface area (Å²) in [5.41, 5.74) is 2.71. The first-order chi connectivity index (χ1) is 10.0. The SMILES string of the molecule is Cc1ncc(CNCc2cccc(CN(C)C(C)C)c2)s1. The summed E-state index contributed by atoms with van der Waals surface area (Å²) >= 11 is 1.76. The summed E-state index contributed by atoms with van der Waals surface area (Å²) in [6.45, 7) is 9.28. The standard InChI is InChI=1S/C17H25N3S/c1-13(2)20(4)12-16-7-5-6-15(8-16)9-18-10-17-11-19-14(3)21-17/h5-8,11,13,18H,9-10,12H2,1-4H3. The quantitative estimate of drug-likeness (QED) is 0.847. The molecule has 1 aromatic heterocycles. The lowest BCUT2D eigenvalue weighted by atomic mass is 10.1. The van der Waals surface area contributed by atoms with Gasteiger partial charge >= 0.3 is 0 Å². The van der Waals surface area contributed by atoms with Gasteiger partial charge in [-0.1, -0.05) is 24.3 Å². The lowest BCUT2D eigenvalue weighted by molar-refractivity contribution is 0.266. The summed E-state index contributed by atoms with van der Waals surface area (Å²) in [4.78, 5) is 7.93.